The highest BCUT2D eigenvalue weighted by atomic mass is 35.5. The van der Waals surface area contributed by atoms with Crippen LogP contribution in [-0.2, 0) is 9.84 Å². The molecule has 0 bridgehead atoms. The zero-order valence-electron chi connectivity index (χ0n) is 14.6. The van der Waals surface area contributed by atoms with Crippen LogP contribution in [-0.4, -0.2) is 40.2 Å². The van der Waals surface area contributed by atoms with Crippen molar-refractivity contribution in [3.8, 4) is 22.6 Å². The van der Waals surface area contributed by atoms with Crippen molar-refractivity contribution >= 4 is 22.2 Å². The fraction of sp³-hybridized carbons (Fsp3) is 0.368. The van der Waals surface area contributed by atoms with Crippen molar-refractivity contribution in [1.82, 2.24) is 5.32 Å². The molecule has 0 aromatic heterocycles. The van der Waals surface area contributed by atoms with E-state index in [0.717, 1.165) is 24.1 Å². The predicted octanol–water partition coefficient (Wildman–Crippen LogP) is 3.23. The average Bonchev–Trinajstić information content (AvgIpc) is 2.96. The monoisotopic (exact) mass is 413 g/mol. The molecule has 0 spiro atoms. The summed E-state index contributed by atoms with van der Waals surface area (Å²) in [4.78, 5) is 0.217. The number of hydrogen-bond acceptors (Lipinski definition) is 5. The highest BCUT2D eigenvalue weighted by molar-refractivity contribution is 7.91. The first-order chi connectivity index (χ1) is 12.5. The second-order valence-electron chi connectivity index (χ2n) is 6.61. The van der Waals surface area contributed by atoms with E-state index in [4.69, 9.17) is 9.47 Å². The SMILES string of the molecule is Cl.O=S1(=O)COc2cc(-c3ccccc3OCC3CCNCC3F)ccc21. The van der Waals surface area contributed by atoms with E-state index < -0.39 is 16.0 Å². The fourth-order valence-corrected chi connectivity index (χ4v) is 4.45. The third-order valence-corrected chi connectivity index (χ3v) is 6.28. The highest BCUT2D eigenvalue weighted by Gasteiger charge is 2.29. The van der Waals surface area contributed by atoms with Gasteiger partial charge < -0.3 is 14.8 Å². The summed E-state index contributed by atoms with van der Waals surface area (Å²) in [6.45, 7) is 1.48. The van der Waals surface area contributed by atoms with Crippen LogP contribution in [0.3, 0.4) is 0 Å². The lowest BCUT2D eigenvalue weighted by Crippen LogP contribution is -2.40. The Morgan fingerprint density at radius 3 is 2.85 bits per heavy atom. The number of fused-ring (bicyclic) bond motifs is 1. The number of piperidine rings is 1. The van der Waals surface area contributed by atoms with E-state index in [-0.39, 0.29) is 29.2 Å². The molecule has 0 radical (unpaired) electrons. The Labute approximate surface area is 164 Å². The number of rotatable bonds is 4. The Hall–Kier alpha value is -1.83. The number of ether oxygens (including phenoxy) is 2. The summed E-state index contributed by atoms with van der Waals surface area (Å²) >= 11 is 0. The molecule has 8 heteroatoms. The van der Waals surface area contributed by atoms with E-state index in [1.807, 2.05) is 24.3 Å². The molecule has 2 atom stereocenters. The van der Waals surface area contributed by atoms with Crippen molar-refractivity contribution in [2.24, 2.45) is 5.92 Å². The molecule has 5 nitrogen and oxygen atoms in total. The molecule has 0 aliphatic carbocycles. The molecule has 146 valence electrons. The van der Waals surface area contributed by atoms with Crippen molar-refractivity contribution < 1.29 is 22.3 Å². The maximum atomic E-state index is 14.0. The van der Waals surface area contributed by atoms with Crippen LogP contribution in [0.25, 0.3) is 11.1 Å². The van der Waals surface area contributed by atoms with Crippen LogP contribution < -0.4 is 14.8 Å². The van der Waals surface area contributed by atoms with Gasteiger partial charge in [0.05, 0.1) is 6.61 Å². The molecule has 2 aliphatic rings. The van der Waals surface area contributed by atoms with Crippen molar-refractivity contribution in [2.75, 3.05) is 25.6 Å². The van der Waals surface area contributed by atoms with E-state index in [1.165, 1.54) is 0 Å². The number of hydrogen-bond donors (Lipinski definition) is 1. The Morgan fingerprint density at radius 1 is 1.22 bits per heavy atom. The number of nitrogens with one attached hydrogen (secondary N) is 1. The minimum Gasteiger partial charge on any atom is -0.493 e. The smallest absolute Gasteiger partial charge is 0.216 e. The standard InChI is InChI=1S/C19H20FNO4S.ClH/c20-16-10-21-8-7-14(16)11-24-17-4-2-1-3-15(17)13-5-6-19-18(9-13)25-12-26(19,22)23;/h1-6,9,14,16,21H,7-8,10-12H2;1H. The Morgan fingerprint density at radius 2 is 2.04 bits per heavy atom. The molecular formula is C19H21ClFNO4S. The minimum atomic E-state index is -3.35. The van der Waals surface area contributed by atoms with Crippen LogP contribution in [0.2, 0.25) is 0 Å². The summed E-state index contributed by atoms with van der Waals surface area (Å²) in [5.74, 6) is 0.564. The summed E-state index contributed by atoms with van der Waals surface area (Å²) in [5.41, 5.74) is 1.63. The van der Waals surface area contributed by atoms with Gasteiger partial charge in [-0.3, -0.25) is 0 Å². The van der Waals surface area contributed by atoms with Gasteiger partial charge in [0.15, 0.2) is 5.94 Å². The third kappa shape index (κ3) is 4.05. The zero-order valence-corrected chi connectivity index (χ0v) is 16.2. The fourth-order valence-electron chi connectivity index (χ4n) is 3.34. The normalized spacial score (nSPS) is 23.0. The lowest BCUT2D eigenvalue weighted by molar-refractivity contribution is 0.122. The van der Waals surface area contributed by atoms with Gasteiger partial charge in [0.2, 0.25) is 9.84 Å². The van der Waals surface area contributed by atoms with E-state index in [1.54, 1.807) is 18.2 Å². The van der Waals surface area contributed by atoms with Crippen LogP contribution >= 0.6 is 12.4 Å². The number of sulfone groups is 1. The van der Waals surface area contributed by atoms with Gasteiger partial charge in [-0.2, -0.15) is 0 Å². The third-order valence-electron chi connectivity index (χ3n) is 4.84. The predicted molar refractivity (Wildman–Crippen MR) is 103 cm³/mol. The molecule has 1 saturated heterocycles. The molecule has 2 unspecified atom stereocenters. The lowest BCUT2D eigenvalue weighted by atomic mass is 9.97. The topological polar surface area (TPSA) is 64.6 Å². The molecule has 1 N–H and O–H groups in total. The Kier molecular flexibility index (Phi) is 5.93. The summed E-state index contributed by atoms with van der Waals surface area (Å²) < 4.78 is 49.0. The van der Waals surface area contributed by atoms with Gasteiger partial charge in [0, 0.05) is 18.0 Å². The molecule has 0 amide bonds. The van der Waals surface area contributed by atoms with Crippen molar-refractivity contribution in [2.45, 2.75) is 17.5 Å². The van der Waals surface area contributed by atoms with Gasteiger partial charge in [-0.05, 0) is 36.7 Å². The average molecular weight is 414 g/mol. The van der Waals surface area contributed by atoms with Gasteiger partial charge in [0.1, 0.15) is 22.6 Å². The van der Waals surface area contributed by atoms with Crippen LogP contribution in [0.4, 0.5) is 4.39 Å². The number of benzene rings is 2. The second-order valence-corrected chi connectivity index (χ2v) is 8.52. The Balaban J connectivity index is 0.00000210. The largest absolute Gasteiger partial charge is 0.493 e. The molecule has 27 heavy (non-hydrogen) atoms. The van der Waals surface area contributed by atoms with E-state index in [2.05, 4.69) is 5.32 Å². The minimum absolute atomic E-state index is 0. The molecule has 1 fully saturated rings. The molecule has 2 aromatic carbocycles. The van der Waals surface area contributed by atoms with Gasteiger partial charge in [-0.15, -0.1) is 12.4 Å². The molecule has 0 saturated carbocycles. The summed E-state index contributed by atoms with van der Waals surface area (Å²) in [7, 11) is -3.35. The molecule has 2 aromatic rings. The van der Waals surface area contributed by atoms with Crippen LogP contribution in [0, 0.1) is 5.92 Å². The number of halogens is 2. The lowest BCUT2D eigenvalue weighted by Gasteiger charge is -2.27. The molecule has 4 rings (SSSR count). The number of para-hydroxylation sites is 1. The maximum absolute atomic E-state index is 14.0. The van der Waals surface area contributed by atoms with Gasteiger partial charge in [-0.1, -0.05) is 24.3 Å². The molecule has 2 heterocycles. The first-order valence-corrected chi connectivity index (χ1v) is 10.3. The van der Waals surface area contributed by atoms with Crippen LogP contribution in [0.1, 0.15) is 6.42 Å². The maximum Gasteiger partial charge on any atom is 0.216 e. The van der Waals surface area contributed by atoms with Gasteiger partial charge >= 0.3 is 0 Å². The van der Waals surface area contributed by atoms with E-state index in [9.17, 15) is 12.8 Å². The summed E-state index contributed by atoms with van der Waals surface area (Å²) in [5, 5.41) is 3.04. The zero-order chi connectivity index (χ0) is 18.1. The van der Waals surface area contributed by atoms with E-state index in [0.29, 0.717) is 24.7 Å². The van der Waals surface area contributed by atoms with Crippen molar-refractivity contribution in [3.63, 3.8) is 0 Å². The highest BCUT2D eigenvalue weighted by Crippen LogP contribution is 2.38. The summed E-state index contributed by atoms with van der Waals surface area (Å²) in [6.07, 6.45) is -0.164. The van der Waals surface area contributed by atoms with E-state index >= 15 is 0 Å². The Bertz CT molecular complexity index is 922. The second kappa shape index (κ2) is 8.04. The quantitative estimate of drug-likeness (QED) is 0.833. The van der Waals surface area contributed by atoms with Crippen molar-refractivity contribution in [3.05, 3.63) is 42.5 Å². The molecule has 2 aliphatic heterocycles. The molecular weight excluding hydrogens is 393 g/mol. The van der Waals surface area contributed by atoms with Gasteiger partial charge in [-0.25, -0.2) is 12.8 Å². The number of alkyl halides is 1. The van der Waals surface area contributed by atoms with Crippen LogP contribution in [0.5, 0.6) is 11.5 Å². The van der Waals surface area contributed by atoms with Crippen molar-refractivity contribution in [1.29, 1.82) is 0 Å². The van der Waals surface area contributed by atoms with Gasteiger partial charge in [0.25, 0.3) is 0 Å². The summed E-state index contributed by atoms with van der Waals surface area (Å²) in [6, 6.07) is 12.5. The first kappa shape index (κ1) is 19.9. The first-order valence-electron chi connectivity index (χ1n) is 8.61. The van der Waals surface area contributed by atoms with Crippen LogP contribution in [0.15, 0.2) is 47.4 Å².